The molecule has 1 heterocycles. The second-order valence-electron chi connectivity index (χ2n) is 4.15. The molecule has 0 saturated heterocycles. The first-order valence-electron chi connectivity index (χ1n) is 5.54. The molecule has 0 spiro atoms. The van der Waals surface area contributed by atoms with Gasteiger partial charge in [0, 0.05) is 4.88 Å². The molecule has 1 nitrogen and oxygen atoms in total. The van der Waals surface area contributed by atoms with Gasteiger partial charge in [-0.25, -0.2) is 0 Å². The van der Waals surface area contributed by atoms with Crippen molar-refractivity contribution in [1.29, 1.82) is 5.26 Å². The van der Waals surface area contributed by atoms with Gasteiger partial charge in [0.15, 0.2) is 0 Å². The van der Waals surface area contributed by atoms with E-state index in [-0.39, 0.29) is 0 Å². The SMILES string of the molecule is Cc1cc(C)cc(C(Cl)=C(C#N)c2cccs2)c1. The number of aryl methyl sites for hydroxylation is 2. The van der Waals surface area contributed by atoms with E-state index in [4.69, 9.17) is 11.6 Å². The molecule has 0 aliphatic heterocycles. The van der Waals surface area contributed by atoms with E-state index in [9.17, 15) is 5.26 Å². The van der Waals surface area contributed by atoms with Crippen LogP contribution >= 0.6 is 22.9 Å². The van der Waals surface area contributed by atoms with Gasteiger partial charge in [-0.3, -0.25) is 0 Å². The summed E-state index contributed by atoms with van der Waals surface area (Å²) in [5.74, 6) is 0. The van der Waals surface area contributed by atoms with Crippen molar-refractivity contribution in [1.82, 2.24) is 0 Å². The molecule has 0 N–H and O–H groups in total. The van der Waals surface area contributed by atoms with E-state index in [0.717, 1.165) is 21.6 Å². The van der Waals surface area contributed by atoms with Crippen molar-refractivity contribution in [3.05, 3.63) is 57.3 Å². The Labute approximate surface area is 116 Å². The Bertz CT molecular complexity index is 613. The smallest absolute Gasteiger partial charge is 0.102 e. The number of allylic oxidation sites excluding steroid dienone is 1. The van der Waals surface area contributed by atoms with Gasteiger partial charge < -0.3 is 0 Å². The molecule has 0 aliphatic carbocycles. The van der Waals surface area contributed by atoms with Crippen LogP contribution in [0.5, 0.6) is 0 Å². The van der Waals surface area contributed by atoms with Crippen LogP contribution in [0.2, 0.25) is 0 Å². The normalized spacial score (nSPS) is 11.9. The second kappa shape index (κ2) is 5.39. The van der Waals surface area contributed by atoms with E-state index >= 15 is 0 Å². The minimum Gasteiger partial charge on any atom is -0.192 e. The third-order valence-corrected chi connectivity index (χ3v) is 3.87. The van der Waals surface area contributed by atoms with Gasteiger partial charge in [-0.2, -0.15) is 5.26 Å². The molecule has 0 unspecified atom stereocenters. The standard InChI is InChI=1S/C15H12ClNS/c1-10-6-11(2)8-12(7-10)15(16)13(9-17)14-4-3-5-18-14/h3-8H,1-2H3. The van der Waals surface area contributed by atoms with Crippen molar-refractivity contribution in [3.63, 3.8) is 0 Å². The molecule has 0 fully saturated rings. The van der Waals surface area contributed by atoms with Crippen molar-refractivity contribution < 1.29 is 0 Å². The number of benzene rings is 1. The van der Waals surface area contributed by atoms with Crippen LogP contribution < -0.4 is 0 Å². The van der Waals surface area contributed by atoms with Gasteiger partial charge in [-0.1, -0.05) is 47.0 Å². The quantitative estimate of drug-likeness (QED) is 0.707. The number of nitriles is 1. The average molecular weight is 274 g/mol. The molecule has 0 radical (unpaired) electrons. The fraction of sp³-hybridized carbons (Fsp3) is 0.133. The average Bonchev–Trinajstić information content (AvgIpc) is 2.82. The maximum atomic E-state index is 9.28. The third-order valence-electron chi connectivity index (χ3n) is 2.57. The monoisotopic (exact) mass is 273 g/mol. The summed E-state index contributed by atoms with van der Waals surface area (Å²) < 4.78 is 0. The fourth-order valence-electron chi connectivity index (χ4n) is 1.88. The molecule has 18 heavy (non-hydrogen) atoms. The highest BCUT2D eigenvalue weighted by Gasteiger charge is 2.11. The van der Waals surface area contributed by atoms with Gasteiger partial charge in [0.2, 0.25) is 0 Å². The molecule has 3 heteroatoms. The second-order valence-corrected chi connectivity index (χ2v) is 5.48. The topological polar surface area (TPSA) is 23.8 Å². The van der Waals surface area contributed by atoms with Crippen LogP contribution in [0.25, 0.3) is 10.6 Å². The number of halogens is 1. The first-order valence-corrected chi connectivity index (χ1v) is 6.80. The molecule has 0 bridgehead atoms. The molecule has 1 aromatic heterocycles. The summed E-state index contributed by atoms with van der Waals surface area (Å²) in [6.45, 7) is 4.05. The van der Waals surface area contributed by atoms with Crippen LogP contribution in [0, 0.1) is 25.2 Å². The highest BCUT2D eigenvalue weighted by molar-refractivity contribution is 7.11. The van der Waals surface area contributed by atoms with Crippen LogP contribution in [-0.4, -0.2) is 0 Å². The van der Waals surface area contributed by atoms with Crippen molar-refractivity contribution >= 4 is 33.5 Å². The largest absolute Gasteiger partial charge is 0.192 e. The first-order chi connectivity index (χ1) is 8.61. The zero-order valence-electron chi connectivity index (χ0n) is 10.2. The van der Waals surface area contributed by atoms with Crippen LogP contribution in [-0.2, 0) is 0 Å². The summed E-state index contributed by atoms with van der Waals surface area (Å²) in [6.07, 6.45) is 0. The lowest BCUT2D eigenvalue weighted by Crippen LogP contribution is -1.86. The lowest BCUT2D eigenvalue weighted by Gasteiger charge is -2.05. The number of nitrogens with zero attached hydrogens (tertiary/aromatic N) is 1. The molecule has 0 atom stereocenters. The van der Waals surface area contributed by atoms with Gasteiger partial charge in [0.1, 0.15) is 6.07 Å². The Hall–Kier alpha value is -1.56. The Kier molecular flexibility index (Phi) is 3.86. The lowest BCUT2D eigenvalue weighted by atomic mass is 10.0. The van der Waals surface area contributed by atoms with Gasteiger partial charge in [-0.05, 0) is 30.9 Å². The van der Waals surface area contributed by atoms with Crippen LogP contribution in [0.1, 0.15) is 21.6 Å². The van der Waals surface area contributed by atoms with E-state index in [1.165, 1.54) is 11.3 Å². The van der Waals surface area contributed by atoms with E-state index in [2.05, 4.69) is 12.1 Å². The fourth-order valence-corrected chi connectivity index (χ4v) is 2.91. The Balaban J connectivity index is 2.58. The molecule has 2 rings (SSSR count). The van der Waals surface area contributed by atoms with Crippen LogP contribution in [0.15, 0.2) is 35.7 Å². The van der Waals surface area contributed by atoms with Gasteiger partial charge in [0.25, 0.3) is 0 Å². The van der Waals surface area contributed by atoms with Gasteiger partial charge in [0.05, 0.1) is 10.6 Å². The zero-order chi connectivity index (χ0) is 13.1. The summed E-state index contributed by atoms with van der Waals surface area (Å²) in [5.41, 5.74) is 3.73. The van der Waals surface area contributed by atoms with Crippen molar-refractivity contribution in [2.75, 3.05) is 0 Å². The number of thiophene rings is 1. The highest BCUT2D eigenvalue weighted by Crippen LogP contribution is 2.32. The van der Waals surface area contributed by atoms with E-state index in [1.807, 2.05) is 43.5 Å². The molecule has 2 aromatic rings. The minimum atomic E-state index is 0.520. The number of rotatable bonds is 2. The summed E-state index contributed by atoms with van der Waals surface area (Å²) in [7, 11) is 0. The predicted molar refractivity (Wildman–Crippen MR) is 78.5 cm³/mol. The summed E-state index contributed by atoms with van der Waals surface area (Å²) in [5, 5.41) is 11.7. The third kappa shape index (κ3) is 2.64. The number of hydrogen-bond donors (Lipinski definition) is 0. The summed E-state index contributed by atoms with van der Waals surface area (Å²) >= 11 is 7.89. The van der Waals surface area contributed by atoms with Crippen LogP contribution in [0.3, 0.4) is 0 Å². The maximum Gasteiger partial charge on any atom is 0.102 e. The van der Waals surface area contributed by atoms with Crippen molar-refractivity contribution in [2.45, 2.75) is 13.8 Å². The molecule has 0 aliphatic rings. The number of hydrogen-bond acceptors (Lipinski definition) is 2. The molecule has 0 saturated carbocycles. The van der Waals surface area contributed by atoms with Gasteiger partial charge >= 0.3 is 0 Å². The summed E-state index contributed by atoms with van der Waals surface area (Å²) in [4.78, 5) is 0.904. The molecular formula is C15H12ClNS. The Morgan fingerprint density at radius 2 is 1.89 bits per heavy atom. The minimum absolute atomic E-state index is 0.520. The Morgan fingerprint density at radius 3 is 2.39 bits per heavy atom. The van der Waals surface area contributed by atoms with Crippen LogP contribution in [0.4, 0.5) is 0 Å². The molecule has 90 valence electrons. The van der Waals surface area contributed by atoms with E-state index < -0.39 is 0 Å². The lowest BCUT2D eigenvalue weighted by molar-refractivity contribution is 1.37. The molecular weight excluding hydrogens is 262 g/mol. The molecule has 1 aromatic carbocycles. The zero-order valence-corrected chi connectivity index (χ0v) is 11.8. The van der Waals surface area contributed by atoms with Gasteiger partial charge in [-0.15, -0.1) is 11.3 Å². The molecule has 0 amide bonds. The highest BCUT2D eigenvalue weighted by atomic mass is 35.5. The van der Waals surface area contributed by atoms with Crippen molar-refractivity contribution in [3.8, 4) is 6.07 Å². The summed E-state index contributed by atoms with van der Waals surface area (Å²) in [6, 6.07) is 12.1. The van der Waals surface area contributed by atoms with E-state index in [0.29, 0.717) is 10.6 Å². The van der Waals surface area contributed by atoms with E-state index in [1.54, 1.807) is 0 Å². The first kappa shape index (κ1) is 12.9. The Morgan fingerprint density at radius 1 is 1.22 bits per heavy atom. The predicted octanol–water partition coefficient (Wildman–Crippen LogP) is 5.00. The van der Waals surface area contributed by atoms with Crippen molar-refractivity contribution in [2.24, 2.45) is 0 Å². The maximum absolute atomic E-state index is 9.28.